The highest BCUT2D eigenvalue weighted by atomic mass is 32.2. The van der Waals surface area contributed by atoms with E-state index in [2.05, 4.69) is 39.7 Å². The van der Waals surface area contributed by atoms with Crippen molar-refractivity contribution < 1.29 is 47.6 Å². The molecule has 0 aromatic rings. The van der Waals surface area contributed by atoms with Crippen molar-refractivity contribution in [2.45, 2.75) is 91.5 Å². The van der Waals surface area contributed by atoms with Crippen LogP contribution in [0.25, 0.3) is 0 Å². The zero-order valence-corrected chi connectivity index (χ0v) is 26.5. The molecule has 2 rings (SSSR count). The van der Waals surface area contributed by atoms with Gasteiger partial charge < -0.3 is 28.4 Å². The highest BCUT2D eigenvalue weighted by molar-refractivity contribution is 7.99. The number of hydrogen-bond acceptors (Lipinski definition) is 11. The van der Waals surface area contributed by atoms with E-state index in [-0.39, 0.29) is 18.6 Å². The van der Waals surface area contributed by atoms with Gasteiger partial charge in [-0.2, -0.15) is 11.8 Å². The van der Waals surface area contributed by atoms with Crippen molar-refractivity contribution in [3.05, 3.63) is 37.0 Å². The summed E-state index contributed by atoms with van der Waals surface area (Å²) in [4.78, 5) is 47.3. The first-order valence-electron chi connectivity index (χ1n) is 14.1. The minimum absolute atomic E-state index is 0.0494. The Morgan fingerprint density at radius 2 is 1.52 bits per heavy atom. The zero-order valence-electron chi connectivity index (χ0n) is 25.7. The van der Waals surface area contributed by atoms with Gasteiger partial charge in [0, 0.05) is 39.2 Å². The molecular weight excluding hydrogens is 564 g/mol. The van der Waals surface area contributed by atoms with Crippen LogP contribution in [0.2, 0.25) is 0 Å². The molecule has 1 saturated carbocycles. The highest BCUT2D eigenvalue weighted by Crippen LogP contribution is 2.49. The molecule has 1 heterocycles. The van der Waals surface area contributed by atoms with Crippen LogP contribution in [0.5, 0.6) is 0 Å². The molecule has 11 heteroatoms. The van der Waals surface area contributed by atoms with Gasteiger partial charge in [-0.3, -0.25) is 19.2 Å². The van der Waals surface area contributed by atoms with Crippen LogP contribution in [0.1, 0.15) is 60.8 Å². The minimum atomic E-state index is -1.25. The SMILES string of the molecule is C=CC1(C)CCC(C(=C)CSCCO[C@H]2O[C@@H](COC(C)=O)[C@H](OC(C)=O)[C@@H](OC(C)=O)[C@H]2OC(C)=O)CC1C(=C)C. The fourth-order valence-corrected chi connectivity index (χ4v) is 6.43. The second kappa shape index (κ2) is 16.3. The molecule has 0 aromatic heterocycles. The highest BCUT2D eigenvalue weighted by Gasteiger charge is 2.52. The topological polar surface area (TPSA) is 124 Å². The Kier molecular flexibility index (Phi) is 13.8. The van der Waals surface area contributed by atoms with E-state index < -0.39 is 54.6 Å². The Labute approximate surface area is 253 Å². The third-order valence-corrected chi connectivity index (χ3v) is 8.76. The van der Waals surface area contributed by atoms with Gasteiger partial charge in [-0.1, -0.05) is 37.3 Å². The maximum Gasteiger partial charge on any atom is 0.303 e. The molecule has 0 N–H and O–H groups in total. The predicted molar refractivity (Wildman–Crippen MR) is 158 cm³/mol. The Hall–Kier alpha value is -2.63. The Morgan fingerprint density at radius 3 is 2.07 bits per heavy atom. The van der Waals surface area contributed by atoms with Gasteiger partial charge in [-0.05, 0) is 43.4 Å². The fourth-order valence-electron chi connectivity index (χ4n) is 5.58. The Bertz CT molecular complexity index is 1030. The lowest BCUT2D eigenvalue weighted by Gasteiger charge is -2.44. The van der Waals surface area contributed by atoms with E-state index in [0.717, 1.165) is 25.0 Å². The molecule has 2 aliphatic rings. The van der Waals surface area contributed by atoms with Crippen LogP contribution in [0.3, 0.4) is 0 Å². The number of esters is 4. The van der Waals surface area contributed by atoms with E-state index in [9.17, 15) is 19.2 Å². The van der Waals surface area contributed by atoms with E-state index in [0.29, 0.717) is 17.6 Å². The van der Waals surface area contributed by atoms with Crippen molar-refractivity contribution in [2.75, 3.05) is 24.7 Å². The van der Waals surface area contributed by atoms with Crippen molar-refractivity contribution in [1.82, 2.24) is 0 Å². The summed E-state index contributed by atoms with van der Waals surface area (Å²) in [6.07, 6.45) is -0.777. The Morgan fingerprint density at radius 1 is 0.929 bits per heavy atom. The number of carbonyl (C=O) groups excluding carboxylic acids is 4. The average Bonchev–Trinajstić information content (AvgIpc) is 2.89. The van der Waals surface area contributed by atoms with Crippen molar-refractivity contribution in [3.8, 4) is 0 Å². The van der Waals surface area contributed by atoms with E-state index in [1.54, 1.807) is 11.8 Å². The second-order valence-corrected chi connectivity index (χ2v) is 12.3. The van der Waals surface area contributed by atoms with Crippen molar-refractivity contribution in [3.63, 3.8) is 0 Å². The normalized spacial score (nSPS) is 30.9. The van der Waals surface area contributed by atoms with Gasteiger partial charge in [-0.25, -0.2) is 0 Å². The average molecular weight is 611 g/mol. The summed E-state index contributed by atoms with van der Waals surface area (Å²) in [7, 11) is 0. The largest absolute Gasteiger partial charge is 0.463 e. The van der Waals surface area contributed by atoms with E-state index in [4.69, 9.17) is 28.4 Å². The summed E-state index contributed by atoms with van der Waals surface area (Å²) in [5.41, 5.74) is 2.39. The molecule has 0 spiro atoms. The molecular formula is C31H46O10S. The molecule has 3 unspecified atom stereocenters. The first-order chi connectivity index (χ1) is 19.7. The van der Waals surface area contributed by atoms with Crippen molar-refractivity contribution >= 4 is 35.6 Å². The first-order valence-corrected chi connectivity index (χ1v) is 15.3. The smallest absolute Gasteiger partial charge is 0.303 e. The monoisotopic (exact) mass is 610 g/mol. The van der Waals surface area contributed by atoms with Crippen molar-refractivity contribution in [2.24, 2.45) is 17.3 Å². The van der Waals surface area contributed by atoms with E-state index >= 15 is 0 Å². The Balaban J connectivity index is 2.06. The van der Waals surface area contributed by atoms with E-state index in [1.165, 1.54) is 38.8 Å². The van der Waals surface area contributed by atoms with Gasteiger partial charge in [0.1, 0.15) is 12.7 Å². The number of ether oxygens (including phenoxy) is 6. The summed E-state index contributed by atoms with van der Waals surface area (Å²) >= 11 is 1.65. The van der Waals surface area contributed by atoms with Crippen LogP contribution >= 0.6 is 11.8 Å². The quantitative estimate of drug-likeness (QED) is 0.119. The van der Waals surface area contributed by atoms with Gasteiger partial charge in [0.2, 0.25) is 0 Å². The predicted octanol–water partition coefficient (Wildman–Crippen LogP) is 4.56. The standard InChI is InChI=1S/C31H46O10S/c1-10-31(9)12-11-24(15-25(31)18(2)3)19(4)17-42-14-13-36-30-29(40-23(8)35)28(39-22(7)34)27(38-21(6)33)26(41-30)16-37-20(5)32/h10,24-30H,1-2,4,11-17H2,3,5-9H3/t24?,25?,26-,27-,28+,29+,30-,31?/m0/s1. The molecule has 0 radical (unpaired) electrons. The van der Waals surface area contributed by atoms with Gasteiger partial charge in [0.25, 0.3) is 0 Å². The molecule has 8 atom stereocenters. The van der Waals surface area contributed by atoms with Gasteiger partial charge in [0.05, 0.1) is 6.61 Å². The van der Waals surface area contributed by atoms with Crippen LogP contribution in [0, 0.1) is 17.3 Å². The lowest BCUT2D eigenvalue weighted by molar-refractivity contribution is -0.307. The number of carbonyl (C=O) groups is 4. The third-order valence-electron chi connectivity index (χ3n) is 7.73. The maximum atomic E-state index is 12.0. The number of rotatable bonds is 14. The molecule has 236 valence electrons. The molecule has 0 bridgehead atoms. The van der Waals surface area contributed by atoms with Crippen LogP contribution in [-0.4, -0.2) is 79.3 Å². The molecule has 0 aromatic carbocycles. The first kappa shape index (κ1) is 35.6. The van der Waals surface area contributed by atoms with Gasteiger partial charge in [-0.15, -0.1) is 6.58 Å². The summed E-state index contributed by atoms with van der Waals surface area (Å²) in [6, 6.07) is 0. The third kappa shape index (κ3) is 10.3. The van der Waals surface area contributed by atoms with Crippen LogP contribution in [0.4, 0.5) is 0 Å². The fraction of sp³-hybridized carbons (Fsp3) is 0.677. The van der Waals surface area contributed by atoms with Gasteiger partial charge in [0.15, 0.2) is 24.6 Å². The molecule has 2 fully saturated rings. The number of allylic oxidation sites excluding steroid dienone is 2. The van der Waals surface area contributed by atoms with Crippen LogP contribution in [-0.2, 0) is 47.6 Å². The number of thioether (sulfide) groups is 1. The zero-order chi connectivity index (χ0) is 31.6. The molecule has 1 aliphatic carbocycles. The summed E-state index contributed by atoms with van der Waals surface area (Å²) in [6.45, 7) is 21.6. The summed E-state index contributed by atoms with van der Waals surface area (Å²) < 4.78 is 33.3. The lowest BCUT2D eigenvalue weighted by atomic mass is 9.61. The second-order valence-electron chi connectivity index (χ2n) is 11.2. The molecule has 0 amide bonds. The van der Waals surface area contributed by atoms with Crippen molar-refractivity contribution in [1.29, 1.82) is 0 Å². The molecule has 42 heavy (non-hydrogen) atoms. The maximum absolute atomic E-state index is 12.0. The molecule has 10 nitrogen and oxygen atoms in total. The number of hydrogen-bond donors (Lipinski definition) is 0. The van der Waals surface area contributed by atoms with Crippen LogP contribution < -0.4 is 0 Å². The molecule has 1 saturated heterocycles. The van der Waals surface area contributed by atoms with Crippen LogP contribution in [0.15, 0.2) is 37.0 Å². The lowest BCUT2D eigenvalue weighted by Crippen LogP contribution is -2.63. The minimum Gasteiger partial charge on any atom is -0.463 e. The summed E-state index contributed by atoms with van der Waals surface area (Å²) in [5, 5.41) is 0. The molecule has 1 aliphatic heterocycles. The van der Waals surface area contributed by atoms with E-state index in [1.807, 2.05) is 0 Å². The summed E-state index contributed by atoms with van der Waals surface area (Å²) in [5.74, 6) is -0.551. The van der Waals surface area contributed by atoms with Gasteiger partial charge >= 0.3 is 23.9 Å².